The predicted molar refractivity (Wildman–Crippen MR) is 121 cm³/mol. The standard InChI is InChI=1S/C24H26FN3O5/c1-30-22-14-17-19(15-23(22)32-10-2-7-28-8-11-31-12-9-28)27-6-5-20(17)33-21-4-3-16(24(26)29)13-18(21)25/h3-6,13-15H,2,7-12H2,1H3,(H2,26,29). The number of methoxy groups -OCH3 is 1. The van der Waals surface area contributed by atoms with Gasteiger partial charge in [-0.3, -0.25) is 14.7 Å². The number of aromatic nitrogens is 1. The van der Waals surface area contributed by atoms with Crippen LogP contribution in [0.3, 0.4) is 0 Å². The Kier molecular flexibility index (Phi) is 7.21. The van der Waals surface area contributed by atoms with E-state index in [1.165, 1.54) is 12.1 Å². The van der Waals surface area contributed by atoms with Crippen molar-refractivity contribution in [3.63, 3.8) is 0 Å². The molecular weight excluding hydrogens is 429 g/mol. The first-order chi connectivity index (χ1) is 16.0. The third-order valence-corrected chi connectivity index (χ3v) is 5.40. The van der Waals surface area contributed by atoms with Gasteiger partial charge in [0.15, 0.2) is 23.1 Å². The van der Waals surface area contributed by atoms with Crippen LogP contribution >= 0.6 is 0 Å². The number of rotatable bonds is 9. The summed E-state index contributed by atoms with van der Waals surface area (Å²) in [4.78, 5) is 18.0. The monoisotopic (exact) mass is 455 g/mol. The van der Waals surface area contributed by atoms with Crippen LogP contribution < -0.4 is 19.9 Å². The second-order valence-electron chi connectivity index (χ2n) is 7.60. The van der Waals surface area contributed by atoms with Crippen molar-refractivity contribution in [2.24, 2.45) is 5.73 Å². The molecule has 174 valence electrons. The molecule has 1 aliphatic heterocycles. The Morgan fingerprint density at radius 2 is 1.94 bits per heavy atom. The molecule has 33 heavy (non-hydrogen) atoms. The Balaban J connectivity index is 1.50. The Morgan fingerprint density at radius 3 is 2.67 bits per heavy atom. The van der Waals surface area contributed by atoms with Gasteiger partial charge in [-0.1, -0.05) is 0 Å². The number of hydrogen-bond acceptors (Lipinski definition) is 7. The lowest BCUT2D eigenvalue weighted by Crippen LogP contribution is -2.37. The molecule has 8 nitrogen and oxygen atoms in total. The minimum atomic E-state index is -0.711. The van der Waals surface area contributed by atoms with Gasteiger partial charge in [0.2, 0.25) is 5.91 Å². The minimum Gasteiger partial charge on any atom is -0.493 e. The predicted octanol–water partition coefficient (Wildman–Crippen LogP) is 3.37. The molecule has 1 amide bonds. The number of halogens is 1. The molecule has 1 aliphatic rings. The van der Waals surface area contributed by atoms with E-state index < -0.39 is 11.7 Å². The quantitative estimate of drug-likeness (QED) is 0.494. The van der Waals surface area contributed by atoms with E-state index in [-0.39, 0.29) is 11.3 Å². The molecular formula is C24H26FN3O5. The second-order valence-corrected chi connectivity index (χ2v) is 7.60. The first-order valence-electron chi connectivity index (χ1n) is 10.7. The molecule has 0 unspecified atom stereocenters. The lowest BCUT2D eigenvalue weighted by atomic mass is 10.1. The maximum absolute atomic E-state index is 14.4. The van der Waals surface area contributed by atoms with Crippen LogP contribution in [-0.2, 0) is 4.74 Å². The molecule has 4 rings (SSSR count). The van der Waals surface area contributed by atoms with Crippen LogP contribution in [0.15, 0.2) is 42.6 Å². The maximum atomic E-state index is 14.4. The van der Waals surface area contributed by atoms with Gasteiger partial charge in [0.1, 0.15) is 5.75 Å². The molecule has 0 bridgehead atoms. The lowest BCUT2D eigenvalue weighted by molar-refractivity contribution is 0.0357. The summed E-state index contributed by atoms with van der Waals surface area (Å²) in [5.74, 6) is 0.0585. The van der Waals surface area contributed by atoms with Gasteiger partial charge in [-0.25, -0.2) is 4.39 Å². The van der Waals surface area contributed by atoms with Crippen molar-refractivity contribution >= 4 is 16.8 Å². The summed E-state index contributed by atoms with van der Waals surface area (Å²) in [6.07, 6.45) is 2.44. The zero-order chi connectivity index (χ0) is 23.2. The van der Waals surface area contributed by atoms with Crippen molar-refractivity contribution in [1.82, 2.24) is 9.88 Å². The van der Waals surface area contributed by atoms with Crippen LogP contribution in [0.1, 0.15) is 16.8 Å². The number of primary amides is 1. The van der Waals surface area contributed by atoms with Gasteiger partial charge in [-0.05, 0) is 36.8 Å². The Hall–Kier alpha value is -3.43. The fourth-order valence-corrected chi connectivity index (χ4v) is 3.64. The SMILES string of the molecule is COc1cc2c(Oc3ccc(C(N)=O)cc3F)ccnc2cc1OCCCN1CCOCC1. The van der Waals surface area contributed by atoms with Crippen molar-refractivity contribution in [3.05, 3.63) is 54.0 Å². The maximum Gasteiger partial charge on any atom is 0.248 e. The molecule has 1 saturated heterocycles. The van der Waals surface area contributed by atoms with Crippen LogP contribution in [0.25, 0.3) is 10.9 Å². The molecule has 0 radical (unpaired) electrons. The van der Waals surface area contributed by atoms with Crippen LogP contribution in [-0.4, -0.2) is 62.4 Å². The van der Waals surface area contributed by atoms with Gasteiger partial charge in [0.25, 0.3) is 0 Å². The molecule has 2 N–H and O–H groups in total. The summed E-state index contributed by atoms with van der Waals surface area (Å²) in [5, 5.41) is 0.633. The van der Waals surface area contributed by atoms with Gasteiger partial charge in [-0.2, -0.15) is 0 Å². The zero-order valence-corrected chi connectivity index (χ0v) is 18.4. The van der Waals surface area contributed by atoms with Crippen molar-refractivity contribution < 1.29 is 28.1 Å². The van der Waals surface area contributed by atoms with E-state index in [1.54, 1.807) is 31.5 Å². The highest BCUT2D eigenvalue weighted by Crippen LogP contribution is 2.37. The third kappa shape index (κ3) is 5.50. The zero-order valence-electron chi connectivity index (χ0n) is 18.4. The molecule has 2 aromatic carbocycles. The lowest BCUT2D eigenvalue weighted by Gasteiger charge is -2.26. The smallest absolute Gasteiger partial charge is 0.248 e. The average molecular weight is 455 g/mol. The Morgan fingerprint density at radius 1 is 1.12 bits per heavy atom. The number of pyridine rings is 1. The fourth-order valence-electron chi connectivity index (χ4n) is 3.64. The van der Waals surface area contributed by atoms with E-state index >= 15 is 0 Å². The molecule has 9 heteroatoms. The molecule has 3 aromatic rings. The highest BCUT2D eigenvalue weighted by molar-refractivity contribution is 5.93. The number of carbonyl (C=O) groups excluding carboxylic acids is 1. The summed E-state index contributed by atoms with van der Waals surface area (Å²) in [6.45, 7) is 4.90. The number of nitrogens with zero attached hydrogens (tertiary/aromatic N) is 2. The number of amides is 1. The first-order valence-corrected chi connectivity index (χ1v) is 10.7. The molecule has 2 heterocycles. The van der Waals surface area contributed by atoms with E-state index in [1.807, 2.05) is 0 Å². The first kappa shape index (κ1) is 22.8. The summed E-state index contributed by atoms with van der Waals surface area (Å²) in [5.41, 5.74) is 5.88. The van der Waals surface area contributed by atoms with Crippen LogP contribution in [0, 0.1) is 5.82 Å². The topological polar surface area (TPSA) is 96.1 Å². The number of benzene rings is 2. The van der Waals surface area contributed by atoms with Crippen LogP contribution in [0.2, 0.25) is 0 Å². The summed E-state index contributed by atoms with van der Waals surface area (Å²) >= 11 is 0. The van der Waals surface area contributed by atoms with Gasteiger partial charge in [-0.15, -0.1) is 0 Å². The van der Waals surface area contributed by atoms with Crippen LogP contribution in [0.5, 0.6) is 23.0 Å². The largest absolute Gasteiger partial charge is 0.493 e. The summed E-state index contributed by atoms with van der Waals surface area (Å²) in [6, 6.07) is 8.99. The number of ether oxygens (including phenoxy) is 4. The van der Waals surface area contributed by atoms with E-state index in [2.05, 4.69) is 9.88 Å². The number of carbonyl (C=O) groups is 1. The highest BCUT2D eigenvalue weighted by atomic mass is 19.1. The average Bonchev–Trinajstić information content (AvgIpc) is 2.83. The van der Waals surface area contributed by atoms with E-state index in [0.717, 1.165) is 45.3 Å². The third-order valence-electron chi connectivity index (χ3n) is 5.40. The normalized spacial score (nSPS) is 14.2. The Labute approximate surface area is 191 Å². The number of fused-ring (bicyclic) bond motifs is 1. The molecule has 0 atom stereocenters. The van der Waals surface area contributed by atoms with Gasteiger partial charge in [0, 0.05) is 42.8 Å². The molecule has 0 saturated carbocycles. The van der Waals surface area contributed by atoms with Gasteiger partial charge in [0.05, 0.1) is 32.4 Å². The molecule has 1 fully saturated rings. The summed E-state index contributed by atoms with van der Waals surface area (Å²) in [7, 11) is 1.56. The fraction of sp³-hybridized carbons (Fsp3) is 0.333. The molecule has 0 aliphatic carbocycles. The minimum absolute atomic E-state index is 0.0325. The molecule has 0 spiro atoms. The highest BCUT2D eigenvalue weighted by Gasteiger charge is 2.15. The number of morpholine rings is 1. The van der Waals surface area contributed by atoms with E-state index in [4.69, 9.17) is 24.7 Å². The number of hydrogen-bond donors (Lipinski definition) is 1. The van der Waals surface area contributed by atoms with Crippen molar-refractivity contribution in [3.8, 4) is 23.0 Å². The second kappa shape index (κ2) is 10.5. The Bertz CT molecular complexity index is 1130. The van der Waals surface area contributed by atoms with Gasteiger partial charge >= 0.3 is 0 Å². The van der Waals surface area contributed by atoms with E-state index in [0.29, 0.717) is 34.8 Å². The number of nitrogens with two attached hydrogens (primary N) is 1. The van der Waals surface area contributed by atoms with Crippen LogP contribution in [0.4, 0.5) is 4.39 Å². The summed E-state index contributed by atoms with van der Waals surface area (Å²) < 4.78 is 37.0. The van der Waals surface area contributed by atoms with Crippen molar-refractivity contribution in [2.45, 2.75) is 6.42 Å². The van der Waals surface area contributed by atoms with Gasteiger partial charge < -0.3 is 24.7 Å². The van der Waals surface area contributed by atoms with Crippen molar-refractivity contribution in [1.29, 1.82) is 0 Å². The van der Waals surface area contributed by atoms with E-state index in [9.17, 15) is 9.18 Å². The molecule has 1 aromatic heterocycles. The van der Waals surface area contributed by atoms with Crippen molar-refractivity contribution in [2.75, 3.05) is 46.6 Å².